The minimum atomic E-state index is -3.28. The van der Waals surface area contributed by atoms with E-state index in [9.17, 15) is 13.2 Å². The first kappa shape index (κ1) is 19.4. The fourth-order valence-electron chi connectivity index (χ4n) is 2.25. The Kier molecular flexibility index (Phi) is 6.98. The lowest BCUT2D eigenvalue weighted by atomic mass is 10.1. The molecule has 0 aliphatic carbocycles. The summed E-state index contributed by atoms with van der Waals surface area (Å²) in [5.41, 5.74) is 1.63. The summed E-state index contributed by atoms with van der Waals surface area (Å²) in [4.78, 5) is 15.2. The van der Waals surface area contributed by atoms with Gasteiger partial charge in [-0.3, -0.25) is 0 Å². The van der Waals surface area contributed by atoms with Gasteiger partial charge in [-0.1, -0.05) is 30.3 Å². The van der Waals surface area contributed by atoms with Crippen molar-refractivity contribution in [1.82, 2.24) is 14.9 Å². The van der Waals surface area contributed by atoms with Gasteiger partial charge in [0.05, 0.1) is 12.3 Å². The molecule has 1 heterocycles. The van der Waals surface area contributed by atoms with Crippen LogP contribution in [0.25, 0.3) is 0 Å². The molecule has 2 aromatic rings. The number of sulfonamides is 1. The van der Waals surface area contributed by atoms with Crippen molar-refractivity contribution >= 4 is 27.4 Å². The summed E-state index contributed by atoms with van der Waals surface area (Å²) in [6.07, 6.45) is 0. The highest BCUT2D eigenvalue weighted by molar-refractivity contribution is 7.88. The molecule has 2 rings (SSSR count). The van der Waals surface area contributed by atoms with Crippen LogP contribution in [0.3, 0.4) is 0 Å². The van der Waals surface area contributed by atoms with Gasteiger partial charge in [-0.25, -0.2) is 17.9 Å². The van der Waals surface area contributed by atoms with Crippen LogP contribution in [-0.2, 0) is 28.9 Å². The summed E-state index contributed by atoms with van der Waals surface area (Å²) in [5, 5.41) is 4.90. The zero-order valence-electron chi connectivity index (χ0n) is 14.4. The van der Waals surface area contributed by atoms with E-state index in [1.54, 1.807) is 28.4 Å². The second-order valence-corrected chi connectivity index (χ2v) is 8.49. The van der Waals surface area contributed by atoms with Crippen molar-refractivity contribution in [2.24, 2.45) is 0 Å². The van der Waals surface area contributed by atoms with Crippen molar-refractivity contribution in [3.63, 3.8) is 0 Å². The first-order valence-corrected chi connectivity index (χ1v) is 10.5. The first-order valence-electron chi connectivity index (χ1n) is 7.97. The number of amides is 2. The van der Waals surface area contributed by atoms with Crippen molar-refractivity contribution in [1.29, 1.82) is 0 Å². The third kappa shape index (κ3) is 6.15. The van der Waals surface area contributed by atoms with Gasteiger partial charge in [-0.2, -0.15) is 0 Å². The molecule has 0 bridgehead atoms. The highest BCUT2D eigenvalue weighted by Crippen LogP contribution is 2.12. The first-order chi connectivity index (χ1) is 11.9. The van der Waals surface area contributed by atoms with Crippen LogP contribution in [0.4, 0.5) is 4.79 Å². The average Bonchev–Trinajstić information content (AvgIpc) is 3.11. The molecule has 2 N–H and O–H groups in total. The van der Waals surface area contributed by atoms with Gasteiger partial charge in [0.1, 0.15) is 0 Å². The van der Waals surface area contributed by atoms with Crippen molar-refractivity contribution in [3.8, 4) is 0 Å². The Labute approximate surface area is 152 Å². The standard InChI is InChI=1S/C17H23N3O3S2/c1-3-20(12-16-5-4-10-24-16)17(21)19-11-14-6-8-15(9-7-14)13-25(22,23)18-2/h4-10,18H,3,11-13H2,1-2H3,(H,19,21). The van der Waals surface area contributed by atoms with E-state index in [2.05, 4.69) is 10.0 Å². The summed E-state index contributed by atoms with van der Waals surface area (Å²) < 4.78 is 25.4. The number of benzene rings is 1. The van der Waals surface area contributed by atoms with Crippen molar-refractivity contribution in [2.45, 2.75) is 25.8 Å². The number of carbonyl (C=O) groups is 1. The summed E-state index contributed by atoms with van der Waals surface area (Å²) in [6, 6.07) is 11.1. The van der Waals surface area contributed by atoms with Gasteiger partial charge in [-0.15, -0.1) is 11.3 Å². The molecule has 0 saturated heterocycles. The molecule has 2 amide bonds. The molecule has 0 unspecified atom stereocenters. The molecule has 25 heavy (non-hydrogen) atoms. The molecule has 0 aliphatic heterocycles. The summed E-state index contributed by atoms with van der Waals surface area (Å²) >= 11 is 1.63. The second kappa shape index (κ2) is 8.98. The largest absolute Gasteiger partial charge is 0.334 e. The maximum atomic E-state index is 12.3. The zero-order valence-corrected chi connectivity index (χ0v) is 16.0. The molecule has 8 heteroatoms. The number of urea groups is 1. The SMILES string of the molecule is CCN(Cc1cccs1)C(=O)NCc1ccc(CS(=O)(=O)NC)cc1. The topological polar surface area (TPSA) is 78.5 Å². The molecular weight excluding hydrogens is 358 g/mol. The molecule has 0 spiro atoms. The number of hydrogen-bond donors (Lipinski definition) is 2. The molecule has 1 aromatic heterocycles. The van der Waals surface area contributed by atoms with Crippen molar-refractivity contribution in [3.05, 3.63) is 57.8 Å². The van der Waals surface area contributed by atoms with Gasteiger partial charge >= 0.3 is 6.03 Å². The highest BCUT2D eigenvalue weighted by atomic mass is 32.2. The van der Waals surface area contributed by atoms with Crippen molar-refractivity contribution in [2.75, 3.05) is 13.6 Å². The molecule has 0 radical (unpaired) electrons. The van der Waals surface area contributed by atoms with Crippen LogP contribution in [0.2, 0.25) is 0 Å². The fourth-order valence-corrected chi connectivity index (χ4v) is 3.75. The maximum absolute atomic E-state index is 12.3. The Balaban J connectivity index is 1.88. The van der Waals surface area contributed by atoms with Crippen LogP contribution >= 0.6 is 11.3 Å². The normalized spacial score (nSPS) is 11.3. The maximum Gasteiger partial charge on any atom is 0.317 e. The van der Waals surface area contributed by atoms with E-state index in [-0.39, 0.29) is 11.8 Å². The number of nitrogens with zero attached hydrogens (tertiary/aromatic N) is 1. The average molecular weight is 382 g/mol. The van der Waals surface area contributed by atoms with E-state index < -0.39 is 10.0 Å². The van der Waals surface area contributed by atoms with Crippen LogP contribution in [0.1, 0.15) is 22.9 Å². The van der Waals surface area contributed by atoms with E-state index in [1.165, 1.54) is 7.05 Å². The third-order valence-corrected chi connectivity index (χ3v) is 5.93. The molecule has 6 nitrogen and oxygen atoms in total. The van der Waals surface area contributed by atoms with Gasteiger partial charge in [0.25, 0.3) is 0 Å². The lowest BCUT2D eigenvalue weighted by Gasteiger charge is -2.20. The summed E-state index contributed by atoms with van der Waals surface area (Å²) in [7, 11) is -1.88. The molecular formula is C17H23N3O3S2. The zero-order chi connectivity index (χ0) is 18.3. The van der Waals surface area contributed by atoms with Gasteiger partial charge in [0.2, 0.25) is 10.0 Å². The molecule has 136 valence electrons. The Morgan fingerprint density at radius 2 is 1.84 bits per heavy atom. The Bertz CT molecular complexity index is 772. The summed E-state index contributed by atoms with van der Waals surface area (Å²) in [6.45, 7) is 3.58. The lowest BCUT2D eigenvalue weighted by Crippen LogP contribution is -2.38. The van der Waals surface area contributed by atoms with E-state index >= 15 is 0 Å². The predicted octanol–water partition coefficient (Wildman–Crippen LogP) is 2.53. The molecule has 0 aliphatic rings. The second-order valence-electron chi connectivity index (χ2n) is 5.53. The Hall–Kier alpha value is -1.90. The minimum Gasteiger partial charge on any atom is -0.334 e. The van der Waals surface area contributed by atoms with Gasteiger partial charge < -0.3 is 10.2 Å². The van der Waals surface area contributed by atoms with Crippen LogP contribution in [0.15, 0.2) is 41.8 Å². The molecule has 1 aromatic carbocycles. The van der Waals surface area contributed by atoms with Crippen LogP contribution < -0.4 is 10.0 Å². The minimum absolute atomic E-state index is 0.0550. The van der Waals surface area contributed by atoms with E-state index in [0.29, 0.717) is 25.2 Å². The predicted molar refractivity (Wildman–Crippen MR) is 101 cm³/mol. The van der Waals surface area contributed by atoms with E-state index in [0.717, 1.165) is 10.4 Å². The highest BCUT2D eigenvalue weighted by Gasteiger charge is 2.12. The number of nitrogens with one attached hydrogen (secondary N) is 2. The monoisotopic (exact) mass is 381 g/mol. The molecule has 0 saturated carbocycles. The van der Waals surface area contributed by atoms with Crippen LogP contribution in [-0.4, -0.2) is 32.9 Å². The number of carbonyl (C=O) groups excluding carboxylic acids is 1. The van der Waals surface area contributed by atoms with E-state index in [4.69, 9.17) is 0 Å². The smallest absolute Gasteiger partial charge is 0.317 e. The fraction of sp³-hybridized carbons (Fsp3) is 0.353. The Morgan fingerprint density at radius 1 is 1.16 bits per heavy atom. The number of hydrogen-bond acceptors (Lipinski definition) is 4. The van der Waals surface area contributed by atoms with Gasteiger partial charge in [-0.05, 0) is 36.5 Å². The Morgan fingerprint density at radius 3 is 2.40 bits per heavy atom. The van der Waals surface area contributed by atoms with Crippen LogP contribution in [0, 0.1) is 0 Å². The third-order valence-electron chi connectivity index (χ3n) is 3.73. The van der Waals surface area contributed by atoms with Gasteiger partial charge in [0.15, 0.2) is 0 Å². The quantitative estimate of drug-likeness (QED) is 0.737. The number of thiophene rings is 1. The molecule has 0 atom stereocenters. The lowest BCUT2D eigenvalue weighted by molar-refractivity contribution is 0.198. The number of rotatable bonds is 8. The van der Waals surface area contributed by atoms with Crippen LogP contribution in [0.5, 0.6) is 0 Å². The van der Waals surface area contributed by atoms with E-state index in [1.807, 2.05) is 36.6 Å². The van der Waals surface area contributed by atoms with Gasteiger partial charge in [0, 0.05) is 18.0 Å². The summed E-state index contributed by atoms with van der Waals surface area (Å²) in [5.74, 6) is -0.0550. The van der Waals surface area contributed by atoms with Crippen molar-refractivity contribution < 1.29 is 13.2 Å². The molecule has 0 fully saturated rings.